The number of nitrogens with zero attached hydrogens (tertiary/aromatic N) is 1. The summed E-state index contributed by atoms with van der Waals surface area (Å²) in [4.78, 5) is 13.9. The van der Waals surface area contributed by atoms with E-state index in [0.29, 0.717) is 19.7 Å². The molecule has 3 rings (SSSR count). The SMILES string of the molecule is O=C(NCc1ccccc1)N1CCOC2CS(=O)(=O)CC21. The van der Waals surface area contributed by atoms with Crippen LogP contribution in [0.4, 0.5) is 4.79 Å². The number of fused-ring (bicyclic) bond motifs is 1. The Kier molecular flexibility index (Phi) is 3.86. The van der Waals surface area contributed by atoms with Gasteiger partial charge in [0.25, 0.3) is 0 Å². The molecule has 21 heavy (non-hydrogen) atoms. The average Bonchev–Trinajstić information content (AvgIpc) is 2.79. The van der Waals surface area contributed by atoms with Crippen LogP contribution >= 0.6 is 0 Å². The van der Waals surface area contributed by atoms with Gasteiger partial charge in [-0.3, -0.25) is 0 Å². The number of urea groups is 1. The quantitative estimate of drug-likeness (QED) is 0.857. The number of nitrogens with one attached hydrogen (secondary N) is 1. The van der Waals surface area contributed by atoms with Crippen LogP contribution in [0.15, 0.2) is 30.3 Å². The summed E-state index contributed by atoms with van der Waals surface area (Å²) in [6.07, 6.45) is -0.383. The second-order valence-corrected chi connectivity index (χ2v) is 7.54. The topological polar surface area (TPSA) is 75.7 Å². The fourth-order valence-electron chi connectivity index (χ4n) is 2.84. The molecule has 2 fully saturated rings. The molecular weight excluding hydrogens is 292 g/mol. The average molecular weight is 310 g/mol. The highest BCUT2D eigenvalue weighted by molar-refractivity contribution is 7.91. The van der Waals surface area contributed by atoms with Crippen LogP contribution in [0.1, 0.15) is 5.56 Å². The summed E-state index contributed by atoms with van der Waals surface area (Å²) in [5.41, 5.74) is 1.01. The molecule has 2 aliphatic heterocycles. The molecule has 1 N–H and O–H groups in total. The molecule has 2 heterocycles. The summed E-state index contributed by atoms with van der Waals surface area (Å²) < 4.78 is 28.9. The minimum absolute atomic E-state index is 0.00355. The number of benzene rings is 1. The van der Waals surface area contributed by atoms with E-state index < -0.39 is 9.84 Å². The fraction of sp³-hybridized carbons (Fsp3) is 0.500. The Morgan fingerprint density at radius 1 is 1.29 bits per heavy atom. The minimum Gasteiger partial charge on any atom is -0.373 e. The number of hydrogen-bond donors (Lipinski definition) is 1. The summed E-state index contributed by atoms with van der Waals surface area (Å²) >= 11 is 0. The van der Waals surface area contributed by atoms with Gasteiger partial charge in [-0.05, 0) is 5.56 Å². The lowest BCUT2D eigenvalue weighted by molar-refractivity contribution is -0.0289. The van der Waals surface area contributed by atoms with Gasteiger partial charge in [0.1, 0.15) is 0 Å². The van der Waals surface area contributed by atoms with Crippen molar-refractivity contribution in [2.24, 2.45) is 0 Å². The highest BCUT2D eigenvalue weighted by Gasteiger charge is 2.45. The molecule has 7 heteroatoms. The van der Waals surface area contributed by atoms with Gasteiger partial charge in [0.15, 0.2) is 9.84 Å². The fourth-order valence-corrected chi connectivity index (χ4v) is 4.71. The van der Waals surface area contributed by atoms with E-state index in [1.165, 1.54) is 0 Å². The van der Waals surface area contributed by atoms with Crippen molar-refractivity contribution in [2.45, 2.75) is 18.7 Å². The van der Waals surface area contributed by atoms with Gasteiger partial charge in [-0.15, -0.1) is 0 Å². The Bertz CT molecular complexity index is 617. The zero-order valence-electron chi connectivity index (χ0n) is 11.6. The largest absolute Gasteiger partial charge is 0.373 e. The second kappa shape index (κ2) is 5.65. The first-order valence-corrected chi connectivity index (χ1v) is 8.78. The third kappa shape index (κ3) is 3.19. The Morgan fingerprint density at radius 2 is 2.05 bits per heavy atom. The predicted octanol–water partition coefficient (Wildman–Crippen LogP) is 0.394. The lowest BCUT2D eigenvalue weighted by Crippen LogP contribution is -2.56. The molecule has 1 aromatic carbocycles. The standard InChI is InChI=1S/C14H18N2O4S/c17-14(15-8-11-4-2-1-3-5-11)16-6-7-20-13-10-21(18,19)9-12(13)16/h1-5,12-13H,6-10H2,(H,15,17). The maximum Gasteiger partial charge on any atom is 0.318 e. The molecule has 0 bridgehead atoms. The lowest BCUT2D eigenvalue weighted by atomic mass is 10.1. The summed E-state index contributed by atoms with van der Waals surface area (Å²) in [5, 5.41) is 2.85. The summed E-state index contributed by atoms with van der Waals surface area (Å²) in [6.45, 7) is 1.24. The zero-order valence-corrected chi connectivity index (χ0v) is 12.4. The van der Waals surface area contributed by atoms with Gasteiger partial charge in [-0.25, -0.2) is 13.2 Å². The van der Waals surface area contributed by atoms with Gasteiger partial charge in [-0.2, -0.15) is 0 Å². The monoisotopic (exact) mass is 310 g/mol. The van der Waals surface area contributed by atoms with E-state index in [0.717, 1.165) is 5.56 Å². The molecule has 2 saturated heterocycles. The number of carbonyl (C=O) groups is 1. The van der Waals surface area contributed by atoms with Crippen molar-refractivity contribution >= 4 is 15.9 Å². The number of morpholine rings is 1. The number of hydrogen-bond acceptors (Lipinski definition) is 4. The number of ether oxygens (including phenoxy) is 1. The first-order chi connectivity index (χ1) is 10.1. The summed E-state index contributed by atoms with van der Waals surface area (Å²) in [5.74, 6) is 0.0105. The first-order valence-electron chi connectivity index (χ1n) is 6.95. The molecule has 0 saturated carbocycles. The summed E-state index contributed by atoms with van der Waals surface area (Å²) in [6, 6.07) is 9.02. The zero-order chi connectivity index (χ0) is 14.9. The molecule has 2 unspecified atom stereocenters. The molecule has 0 aromatic heterocycles. The number of rotatable bonds is 2. The lowest BCUT2D eigenvalue weighted by Gasteiger charge is -2.36. The van der Waals surface area contributed by atoms with Crippen molar-refractivity contribution in [1.29, 1.82) is 0 Å². The molecule has 114 valence electrons. The van der Waals surface area contributed by atoms with Gasteiger partial charge in [0.2, 0.25) is 0 Å². The van der Waals surface area contributed by atoms with E-state index in [1.54, 1.807) is 4.90 Å². The van der Waals surface area contributed by atoms with Crippen molar-refractivity contribution in [1.82, 2.24) is 10.2 Å². The van der Waals surface area contributed by atoms with Crippen molar-refractivity contribution < 1.29 is 17.9 Å². The van der Waals surface area contributed by atoms with Gasteiger partial charge < -0.3 is 15.0 Å². The van der Waals surface area contributed by atoms with Crippen LogP contribution in [-0.2, 0) is 21.1 Å². The van der Waals surface area contributed by atoms with Gasteiger partial charge in [-0.1, -0.05) is 30.3 Å². The molecule has 1 aromatic rings. The van der Waals surface area contributed by atoms with Gasteiger partial charge >= 0.3 is 6.03 Å². The third-order valence-corrected chi connectivity index (χ3v) is 5.57. The number of carbonyl (C=O) groups excluding carboxylic acids is 1. The Morgan fingerprint density at radius 3 is 2.81 bits per heavy atom. The Balaban J connectivity index is 1.64. The van der Waals surface area contributed by atoms with E-state index in [2.05, 4.69) is 5.32 Å². The third-order valence-electron chi connectivity index (χ3n) is 3.88. The highest BCUT2D eigenvalue weighted by atomic mass is 32.2. The number of sulfone groups is 1. The van der Waals surface area contributed by atoms with Crippen molar-refractivity contribution in [3.63, 3.8) is 0 Å². The van der Waals surface area contributed by atoms with Crippen LogP contribution in [-0.4, -0.2) is 56.2 Å². The maximum atomic E-state index is 12.3. The van der Waals surface area contributed by atoms with Crippen molar-refractivity contribution in [2.75, 3.05) is 24.7 Å². The summed E-state index contributed by atoms with van der Waals surface area (Å²) in [7, 11) is -3.11. The van der Waals surface area contributed by atoms with E-state index >= 15 is 0 Å². The van der Waals surface area contributed by atoms with Crippen LogP contribution in [0, 0.1) is 0 Å². The normalized spacial score (nSPS) is 27.1. The van der Waals surface area contributed by atoms with E-state index in [9.17, 15) is 13.2 Å². The molecule has 0 radical (unpaired) electrons. The van der Waals surface area contributed by atoms with Crippen molar-refractivity contribution in [3.8, 4) is 0 Å². The molecule has 6 nitrogen and oxygen atoms in total. The first kappa shape index (κ1) is 14.3. The Labute approximate surface area is 124 Å². The molecule has 2 aliphatic rings. The van der Waals surface area contributed by atoms with Crippen LogP contribution in [0.5, 0.6) is 0 Å². The highest BCUT2D eigenvalue weighted by Crippen LogP contribution is 2.24. The van der Waals surface area contributed by atoms with Crippen molar-refractivity contribution in [3.05, 3.63) is 35.9 Å². The second-order valence-electron chi connectivity index (χ2n) is 5.39. The van der Waals surface area contributed by atoms with Crippen LogP contribution in [0.2, 0.25) is 0 Å². The van der Waals surface area contributed by atoms with Gasteiger partial charge in [0.05, 0.1) is 30.3 Å². The smallest absolute Gasteiger partial charge is 0.318 e. The van der Waals surface area contributed by atoms with E-state index in [4.69, 9.17) is 4.74 Å². The van der Waals surface area contributed by atoms with Crippen LogP contribution < -0.4 is 5.32 Å². The Hall–Kier alpha value is -1.60. The molecule has 0 spiro atoms. The van der Waals surface area contributed by atoms with Crippen LogP contribution in [0.3, 0.4) is 0 Å². The van der Waals surface area contributed by atoms with Gasteiger partial charge in [0, 0.05) is 13.1 Å². The predicted molar refractivity (Wildman–Crippen MR) is 77.6 cm³/mol. The maximum absolute atomic E-state index is 12.3. The van der Waals surface area contributed by atoms with Crippen LogP contribution in [0.25, 0.3) is 0 Å². The molecule has 2 atom stereocenters. The molecule has 0 aliphatic carbocycles. The number of amides is 2. The molecule has 2 amide bonds. The minimum atomic E-state index is -3.11. The molecular formula is C14H18N2O4S. The van der Waals surface area contributed by atoms with E-state index in [1.807, 2.05) is 30.3 Å². The van der Waals surface area contributed by atoms with E-state index in [-0.39, 0.29) is 29.7 Å².